The lowest BCUT2D eigenvalue weighted by atomic mass is 10.4. The van der Waals surface area contributed by atoms with Gasteiger partial charge in [-0.1, -0.05) is 12.3 Å². The fourth-order valence-electron chi connectivity index (χ4n) is 0.464. The Labute approximate surface area is 58.6 Å². The van der Waals surface area contributed by atoms with Crippen LogP contribution in [0.1, 0.15) is 13.8 Å². The van der Waals surface area contributed by atoms with E-state index in [1.54, 1.807) is 0 Å². The number of rotatable bonds is 3. The zero-order chi connectivity index (χ0) is 7.11. The Balaban J connectivity index is 3.84. The second-order valence-corrected chi connectivity index (χ2v) is 2.04. The molecule has 0 aliphatic carbocycles. The highest BCUT2D eigenvalue weighted by Crippen LogP contribution is 1.94. The van der Waals surface area contributed by atoms with Crippen molar-refractivity contribution in [3.8, 4) is 0 Å². The van der Waals surface area contributed by atoms with Crippen molar-refractivity contribution < 1.29 is 4.43 Å². The first-order chi connectivity index (χ1) is 4.35. The SMILES string of the molecule is C=[SiH]OC(=C\C)/C=C/C. The molecule has 9 heavy (non-hydrogen) atoms. The lowest BCUT2D eigenvalue weighted by Crippen LogP contribution is -1.85. The quantitative estimate of drug-likeness (QED) is 0.326. The van der Waals surface area contributed by atoms with Crippen LogP contribution in [-0.2, 0) is 4.43 Å². The molecule has 0 aliphatic rings. The molecule has 0 fully saturated rings. The van der Waals surface area contributed by atoms with E-state index in [-0.39, 0.29) is 9.38 Å². The first-order valence-corrected chi connectivity index (χ1v) is 4.20. The Hall–Kier alpha value is -0.633. The third kappa shape index (κ3) is 3.91. The summed E-state index contributed by atoms with van der Waals surface area (Å²) in [6, 6.07) is 0. The van der Waals surface area contributed by atoms with Gasteiger partial charge in [0, 0.05) is 0 Å². The molecule has 2 heteroatoms. The molecule has 0 amide bonds. The van der Waals surface area contributed by atoms with Gasteiger partial charge in [-0.15, -0.1) is 0 Å². The number of hydrogen-bond donors (Lipinski definition) is 0. The monoisotopic (exact) mass is 140 g/mol. The van der Waals surface area contributed by atoms with Crippen LogP contribution in [-0.4, -0.2) is 15.6 Å². The molecule has 0 saturated carbocycles. The molecule has 0 unspecified atom stereocenters. The Bertz CT molecular complexity index is 136. The maximum Gasteiger partial charge on any atom is 0.216 e. The minimum absolute atomic E-state index is 0.125. The number of allylic oxidation sites excluding steroid dienone is 3. The lowest BCUT2D eigenvalue weighted by molar-refractivity contribution is 0.487. The predicted octanol–water partition coefficient (Wildman–Crippen LogP) is 1.27. The first kappa shape index (κ1) is 8.37. The second-order valence-electron chi connectivity index (χ2n) is 1.48. The maximum atomic E-state index is 5.18. The zero-order valence-electron chi connectivity index (χ0n) is 5.92. The summed E-state index contributed by atoms with van der Waals surface area (Å²) in [5, 5.41) is 0. The molecule has 0 aromatic carbocycles. The Kier molecular flexibility index (Phi) is 5.12. The van der Waals surface area contributed by atoms with Gasteiger partial charge >= 0.3 is 0 Å². The summed E-state index contributed by atoms with van der Waals surface area (Å²) in [5.74, 6) is 0.919. The molecule has 0 aliphatic heterocycles. The van der Waals surface area contributed by atoms with Crippen molar-refractivity contribution in [3.63, 3.8) is 0 Å². The molecule has 0 N–H and O–H groups in total. The average Bonchev–Trinajstić information content (AvgIpc) is 1.88. The molecule has 0 aromatic heterocycles. The topological polar surface area (TPSA) is 9.23 Å². The van der Waals surface area contributed by atoms with Gasteiger partial charge in [-0.3, -0.25) is 0 Å². The lowest BCUT2D eigenvalue weighted by Gasteiger charge is -1.97. The van der Waals surface area contributed by atoms with Gasteiger partial charge in [0.1, 0.15) is 5.76 Å². The van der Waals surface area contributed by atoms with Gasteiger partial charge in [-0.25, -0.2) is 0 Å². The first-order valence-electron chi connectivity index (χ1n) is 2.91. The molecule has 0 atom stereocenters. The van der Waals surface area contributed by atoms with Crippen molar-refractivity contribution in [2.45, 2.75) is 13.8 Å². The zero-order valence-corrected chi connectivity index (χ0v) is 7.08. The van der Waals surface area contributed by atoms with Crippen LogP contribution in [0.3, 0.4) is 0 Å². The van der Waals surface area contributed by atoms with Crippen LogP contribution in [0.15, 0.2) is 24.0 Å². The fourth-order valence-corrected chi connectivity index (χ4v) is 0.871. The Morgan fingerprint density at radius 1 is 1.56 bits per heavy atom. The van der Waals surface area contributed by atoms with Crippen molar-refractivity contribution in [2.24, 2.45) is 0 Å². The molecule has 0 bridgehead atoms. The van der Waals surface area contributed by atoms with Crippen molar-refractivity contribution >= 4 is 15.6 Å². The standard InChI is InChI=1S/C7H12OSi/c1-4-6-7(5-2)8-9-3/h4-6,9H,3H2,1-2H3/b6-4+,7-5-. The summed E-state index contributed by atoms with van der Waals surface area (Å²) in [5.41, 5.74) is 0. The molecule has 1 nitrogen and oxygen atoms in total. The molecule has 0 spiro atoms. The highest BCUT2D eigenvalue weighted by atomic mass is 28.2. The van der Waals surface area contributed by atoms with E-state index < -0.39 is 0 Å². The van der Waals surface area contributed by atoms with E-state index in [4.69, 9.17) is 4.43 Å². The van der Waals surface area contributed by atoms with Gasteiger partial charge in [0.2, 0.25) is 9.38 Å². The van der Waals surface area contributed by atoms with Crippen molar-refractivity contribution in [3.05, 3.63) is 24.0 Å². The molecular weight excluding hydrogens is 128 g/mol. The van der Waals surface area contributed by atoms with E-state index in [2.05, 4.69) is 6.17 Å². The highest BCUT2D eigenvalue weighted by molar-refractivity contribution is 6.34. The molecule has 0 rings (SSSR count). The van der Waals surface area contributed by atoms with Crippen LogP contribution in [0, 0.1) is 0 Å². The van der Waals surface area contributed by atoms with Gasteiger partial charge in [0.25, 0.3) is 0 Å². The van der Waals surface area contributed by atoms with E-state index in [9.17, 15) is 0 Å². The number of hydrogen-bond acceptors (Lipinski definition) is 1. The van der Waals surface area contributed by atoms with Gasteiger partial charge < -0.3 is 4.43 Å². The largest absolute Gasteiger partial charge is 0.520 e. The summed E-state index contributed by atoms with van der Waals surface area (Å²) in [4.78, 5) is 0. The predicted molar refractivity (Wildman–Crippen MR) is 43.9 cm³/mol. The van der Waals surface area contributed by atoms with Crippen molar-refractivity contribution in [2.75, 3.05) is 0 Å². The van der Waals surface area contributed by atoms with Gasteiger partial charge in [-0.05, 0) is 26.0 Å². The fraction of sp³-hybridized carbons (Fsp3) is 0.286. The minimum atomic E-state index is -0.125. The summed E-state index contributed by atoms with van der Waals surface area (Å²) >= 11 is 0. The molecule has 0 saturated heterocycles. The van der Waals surface area contributed by atoms with Crippen LogP contribution in [0.2, 0.25) is 0 Å². The van der Waals surface area contributed by atoms with Gasteiger partial charge in [0.05, 0.1) is 0 Å². The van der Waals surface area contributed by atoms with E-state index >= 15 is 0 Å². The van der Waals surface area contributed by atoms with Gasteiger partial charge in [0.15, 0.2) is 0 Å². The van der Waals surface area contributed by atoms with Crippen LogP contribution in [0.5, 0.6) is 0 Å². The van der Waals surface area contributed by atoms with Gasteiger partial charge in [-0.2, -0.15) is 0 Å². The van der Waals surface area contributed by atoms with E-state index in [1.807, 2.05) is 32.1 Å². The summed E-state index contributed by atoms with van der Waals surface area (Å²) in [6.45, 7) is 3.91. The van der Waals surface area contributed by atoms with Crippen LogP contribution in [0.4, 0.5) is 0 Å². The average molecular weight is 140 g/mol. The van der Waals surface area contributed by atoms with E-state index in [0.29, 0.717) is 0 Å². The van der Waals surface area contributed by atoms with Crippen LogP contribution < -0.4 is 0 Å². The molecule has 0 radical (unpaired) electrons. The third-order valence-corrected chi connectivity index (χ3v) is 1.27. The second kappa shape index (κ2) is 5.50. The highest BCUT2D eigenvalue weighted by Gasteiger charge is 1.81. The van der Waals surface area contributed by atoms with E-state index in [1.165, 1.54) is 0 Å². The molecule has 50 valence electrons. The maximum absolute atomic E-state index is 5.18. The Morgan fingerprint density at radius 2 is 2.22 bits per heavy atom. The van der Waals surface area contributed by atoms with Crippen LogP contribution in [0.25, 0.3) is 0 Å². The van der Waals surface area contributed by atoms with Crippen molar-refractivity contribution in [1.82, 2.24) is 0 Å². The molecule has 0 aromatic rings. The van der Waals surface area contributed by atoms with Crippen LogP contribution >= 0.6 is 0 Å². The van der Waals surface area contributed by atoms with E-state index in [0.717, 1.165) is 5.76 Å². The summed E-state index contributed by atoms with van der Waals surface area (Å²) in [6.07, 6.45) is 9.45. The summed E-state index contributed by atoms with van der Waals surface area (Å²) in [7, 11) is -0.125. The Morgan fingerprint density at radius 3 is 2.56 bits per heavy atom. The summed E-state index contributed by atoms with van der Waals surface area (Å²) < 4.78 is 5.18. The minimum Gasteiger partial charge on any atom is -0.520 e. The molecular formula is C7H12OSi. The van der Waals surface area contributed by atoms with Crippen molar-refractivity contribution in [1.29, 1.82) is 0 Å². The third-order valence-electron chi connectivity index (χ3n) is 0.835. The molecule has 0 heterocycles. The smallest absolute Gasteiger partial charge is 0.216 e. The normalized spacial score (nSPS) is 12.0.